The molecule has 0 aromatic carbocycles. The molecule has 0 aromatic rings. The van der Waals surface area contributed by atoms with Gasteiger partial charge in [0.1, 0.15) is 18.0 Å². The summed E-state index contributed by atoms with van der Waals surface area (Å²) in [5, 5.41) is 134. The van der Waals surface area contributed by atoms with E-state index in [0.717, 1.165) is 46.3 Å². The maximum atomic E-state index is 14.8. The standard InChI is InChI=1S/C85H137N3O26/c1-45(2)70(96)68(86-65(94)37-38-84(15,16)77(102)56(13)78(103)85(17,18)83(108)111-21)74(100)52(9)42-50(7)71(97)47(4)33-35-60(90)54(11)79(104)88-67(57(14)89)76-55(12)63(113-66(95)44-62(92)80(105)109-19)36-34-48(5)72(98)49(6)41-51(8)73(99)53(10)61(91)43-59-40-46(3)39-58(112-59)31-29-27-25-23-22-24-26-28-30-32-64(93)87-69(81(106)114-76)75(101)82(107)110-20/h23,25-30,32,34,37-38,41-42,45-47,49,52-63,67-76,78,89-92,96-101,103H,22,24,31,33,35-36,39-40,43-44H2,1-21H3,(H,86,94)(H,87,93)(H,88,104)/b25-23+,28-26+,29-27+,32-30+,38-37+,48-34+,50-42+,51-41+/t46-,47?,49?,52?,53?,54?,55?,56?,57?,58-,59+,60?,61?,62?,63?,67?,68?,69?,70?,71?,72?,73?,74?,75?,76?,78?/m1/s1. The quantitative estimate of drug-likeness (QED) is 0.0192. The number of Topliss-reactive ketones (excluding diaryl/α,β-unsaturated/α-hetero) is 1. The van der Waals surface area contributed by atoms with Gasteiger partial charge in [0.05, 0.1) is 118 Å². The molecule has 14 N–H and O–H groups in total. The maximum absolute atomic E-state index is 14.8. The summed E-state index contributed by atoms with van der Waals surface area (Å²) in [4.78, 5) is 122. The Kier molecular flexibility index (Phi) is 44.4. The molecular formula is C85H137N3O26. The van der Waals surface area contributed by atoms with Crippen LogP contribution in [0.1, 0.15) is 189 Å². The highest BCUT2D eigenvalue weighted by atomic mass is 16.6. The van der Waals surface area contributed by atoms with Gasteiger partial charge >= 0.3 is 29.8 Å². The molecule has 0 radical (unpaired) electrons. The van der Waals surface area contributed by atoms with Crippen molar-refractivity contribution in [2.75, 3.05) is 21.3 Å². The minimum absolute atomic E-state index is 0.0578. The second-order valence-corrected chi connectivity index (χ2v) is 32.9. The third-order valence-electron chi connectivity index (χ3n) is 22.0. The van der Waals surface area contributed by atoms with Crippen LogP contribution in [0.2, 0.25) is 0 Å². The third-order valence-corrected chi connectivity index (χ3v) is 22.0. The minimum atomic E-state index is -2.46. The molecule has 0 saturated carbocycles. The highest BCUT2D eigenvalue weighted by Gasteiger charge is 2.47. The second-order valence-electron chi connectivity index (χ2n) is 32.9. The van der Waals surface area contributed by atoms with Crippen molar-refractivity contribution >= 4 is 53.4 Å². The Morgan fingerprint density at radius 1 is 0.693 bits per heavy atom. The number of carbonyl (C=O) groups excluding carboxylic acids is 9. The van der Waals surface area contributed by atoms with Crippen LogP contribution < -0.4 is 16.0 Å². The third kappa shape index (κ3) is 32.4. The summed E-state index contributed by atoms with van der Waals surface area (Å²) < 4.78 is 32.7. The highest BCUT2D eigenvalue weighted by molar-refractivity contribution is 5.95. The second kappa shape index (κ2) is 49.2. The van der Waals surface area contributed by atoms with Gasteiger partial charge < -0.3 is 101 Å². The Morgan fingerprint density at radius 2 is 1.28 bits per heavy atom. The summed E-state index contributed by atoms with van der Waals surface area (Å²) in [7, 11) is 3.03. The molecule has 26 atom stereocenters. The van der Waals surface area contributed by atoms with Gasteiger partial charge in [0.2, 0.25) is 17.7 Å². The number of fused-ring (bicyclic) bond motifs is 2. The van der Waals surface area contributed by atoms with E-state index in [1.54, 1.807) is 86.6 Å². The highest BCUT2D eigenvalue weighted by Crippen LogP contribution is 2.36. The van der Waals surface area contributed by atoms with Crippen LogP contribution in [0, 0.1) is 64.1 Å². The van der Waals surface area contributed by atoms with Crippen molar-refractivity contribution in [2.24, 2.45) is 64.1 Å². The predicted molar refractivity (Wildman–Crippen MR) is 426 cm³/mol. The topological polar surface area (TPSA) is 468 Å². The number of hydrogen-bond donors (Lipinski definition) is 14. The Bertz CT molecular complexity index is 3350. The van der Waals surface area contributed by atoms with E-state index in [1.807, 2.05) is 24.3 Å². The van der Waals surface area contributed by atoms with Crippen LogP contribution in [0.3, 0.4) is 0 Å². The van der Waals surface area contributed by atoms with Crippen molar-refractivity contribution in [3.63, 3.8) is 0 Å². The van der Waals surface area contributed by atoms with Crippen LogP contribution in [0.25, 0.3) is 0 Å². The number of cyclic esters (lactones) is 1. The van der Waals surface area contributed by atoms with Gasteiger partial charge in [0.15, 0.2) is 18.2 Å². The van der Waals surface area contributed by atoms with E-state index in [4.69, 9.17) is 23.7 Å². The number of methoxy groups -OCH3 is 3. The lowest BCUT2D eigenvalue weighted by molar-refractivity contribution is -0.175. The van der Waals surface area contributed by atoms with E-state index < -0.39 is 215 Å². The number of carbonyl (C=O) groups is 9. The minimum Gasteiger partial charge on any atom is -0.469 e. The van der Waals surface area contributed by atoms with E-state index >= 15 is 0 Å². The lowest BCUT2D eigenvalue weighted by atomic mass is 9.72. The Balaban J connectivity index is 2.73. The number of nitrogens with one attached hydrogen (secondary N) is 3. The van der Waals surface area contributed by atoms with Crippen molar-refractivity contribution in [3.05, 3.63) is 95.7 Å². The number of aliphatic hydroxyl groups is 11. The lowest BCUT2D eigenvalue weighted by Gasteiger charge is -2.38. The number of aliphatic hydroxyl groups excluding tert-OH is 11. The van der Waals surface area contributed by atoms with Crippen molar-refractivity contribution < 1.29 is 128 Å². The molecule has 1 fully saturated rings. The SMILES string of the molecule is COC(=O)C(O)CC(=O)OC1C/C=C(\C)C(O)C(C)/C=C(\C)C(O)C(C)C(O)C[C@@H]2C[C@H](C)C[C@@H](C/C=C/C=C/CC/C=C/C=C/C(=O)NC(C(O)C(=O)OC)C(=O)OC(C(NC(=O)C(C)C(O)CCC(C)C(O)/C(C)=C/C(C)C(O)C(NC(=O)/C=C/C(C)(C)C(=O)C(C)C(O)C(C)(C)C(=O)OC)C(O)C(C)C)C(C)O)C1C)O2. The monoisotopic (exact) mass is 1620 g/mol. The molecule has 0 aromatic heterocycles. The first-order valence-electron chi connectivity index (χ1n) is 39.6. The van der Waals surface area contributed by atoms with Crippen molar-refractivity contribution in [1.29, 1.82) is 0 Å². The molecule has 648 valence electrons. The molecule has 2 bridgehead atoms. The number of ether oxygens (including phenoxy) is 6. The fourth-order valence-electron chi connectivity index (χ4n) is 14.1. The average Bonchev–Trinajstić information content (AvgIpc) is 0.811. The molecule has 114 heavy (non-hydrogen) atoms. The zero-order valence-corrected chi connectivity index (χ0v) is 70.7. The van der Waals surface area contributed by atoms with Gasteiger partial charge in [-0.2, -0.15) is 0 Å². The first-order chi connectivity index (χ1) is 53.0. The molecule has 29 nitrogen and oxygen atoms in total. The van der Waals surface area contributed by atoms with E-state index in [1.165, 1.54) is 73.6 Å². The first-order valence-corrected chi connectivity index (χ1v) is 39.6. The summed E-state index contributed by atoms with van der Waals surface area (Å²) in [6.45, 7) is 28.2. The number of amides is 3. The van der Waals surface area contributed by atoms with E-state index in [0.29, 0.717) is 36.3 Å². The number of rotatable bonds is 29. The van der Waals surface area contributed by atoms with Gasteiger partial charge in [0, 0.05) is 47.5 Å². The molecule has 0 aliphatic carbocycles. The maximum Gasteiger partial charge on any atom is 0.337 e. The summed E-state index contributed by atoms with van der Waals surface area (Å²) >= 11 is 0. The normalized spacial score (nSPS) is 29.3. The largest absolute Gasteiger partial charge is 0.469 e. The van der Waals surface area contributed by atoms with Crippen LogP contribution in [0.4, 0.5) is 0 Å². The van der Waals surface area contributed by atoms with E-state index in [-0.39, 0.29) is 43.5 Å². The zero-order chi connectivity index (χ0) is 87.1. The molecule has 2 aliphatic rings. The van der Waals surface area contributed by atoms with Gasteiger partial charge in [-0.05, 0) is 147 Å². The Morgan fingerprint density at radius 3 is 1.86 bits per heavy atom. The molecule has 2 aliphatic heterocycles. The Hall–Kier alpha value is -7.13. The first kappa shape index (κ1) is 103. The van der Waals surface area contributed by atoms with E-state index in [2.05, 4.69) is 27.6 Å². The molecule has 2 rings (SSSR count). The molecule has 29 heteroatoms. The van der Waals surface area contributed by atoms with Crippen LogP contribution in [0.15, 0.2) is 95.7 Å². The lowest BCUT2D eigenvalue weighted by Crippen LogP contribution is -2.59. The van der Waals surface area contributed by atoms with E-state index in [9.17, 15) is 99.3 Å². The van der Waals surface area contributed by atoms with Crippen LogP contribution in [-0.4, -0.2) is 241 Å². The van der Waals surface area contributed by atoms with Crippen LogP contribution in [-0.2, 0) is 71.6 Å². The van der Waals surface area contributed by atoms with Gasteiger partial charge in [0.25, 0.3) is 0 Å². The zero-order valence-electron chi connectivity index (χ0n) is 70.7. The number of hydrogen-bond acceptors (Lipinski definition) is 26. The number of ketones is 1. The van der Waals surface area contributed by atoms with Crippen molar-refractivity contribution in [3.8, 4) is 0 Å². The molecular weight excluding hydrogens is 1480 g/mol. The summed E-state index contributed by atoms with van der Waals surface area (Å²) in [6, 6.07) is -5.35. The van der Waals surface area contributed by atoms with Gasteiger partial charge in [-0.1, -0.05) is 136 Å². The number of allylic oxidation sites excluding steroid dienone is 7. The molecule has 1 saturated heterocycles. The fourth-order valence-corrected chi connectivity index (χ4v) is 14.1. The van der Waals surface area contributed by atoms with Crippen molar-refractivity contribution in [1.82, 2.24) is 16.0 Å². The smallest absolute Gasteiger partial charge is 0.337 e. The van der Waals surface area contributed by atoms with Crippen LogP contribution in [0.5, 0.6) is 0 Å². The summed E-state index contributed by atoms with van der Waals surface area (Å²) in [5.41, 5.74) is -1.73. The molecule has 0 spiro atoms. The molecule has 2 heterocycles. The molecule has 3 amide bonds. The Labute approximate surface area is 673 Å². The number of esters is 5. The fraction of sp³-hybridized carbons (Fsp3) is 0.706. The molecule has 23 unspecified atom stereocenters. The van der Waals surface area contributed by atoms with Gasteiger partial charge in [-0.3, -0.25) is 28.8 Å². The van der Waals surface area contributed by atoms with Crippen LogP contribution >= 0.6 is 0 Å². The summed E-state index contributed by atoms with van der Waals surface area (Å²) in [6.07, 6.45) is 2.16. The summed E-state index contributed by atoms with van der Waals surface area (Å²) in [5.74, 6) is -16.3. The van der Waals surface area contributed by atoms with Gasteiger partial charge in [-0.15, -0.1) is 0 Å². The average molecular weight is 1620 g/mol. The predicted octanol–water partition coefficient (Wildman–Crippen LogP) is 5.44. The van der Waals surface area contributed by atoms with Gasteiger partial charge in [-0.25, -0.2) is 14.4 Å². The van der Waals surface area contributed by atoms with Crippen molar-refractivity contribution in [2.45, 2.75) is 299 Å².